The Kier molecular flexibility index (Phi) is 3.07. The summed E-state index contributed by atoms with van der Waals surface area (Å²) in [4.78, 5) is 7.43. The highest BCUT2D eigenvalue weighted by atomic mass is 32.2. The Hall–Kier alpha value is -1.54. The van der Waals surface area contributed by atoms with Crippen LogP contribution >= 0.6 is 11.3 Å². The zero-order valence-electron chi connectivity index (χ0n) is 8.71. The molecule has 17 heavy (non-hydrogen) atoms. The SMILES string of the molecule is Cc1ccc(F)c(S(=O)(=O)Nc2cscn2)n1. The third-order valence-electron chi connectivity index (χ3n) is 1.88. The number of hydrogen-bond donors (Lipinski definition) is 1. The second-order valence-corrected chi connectivity index (χ2v) is 5.54. The van der Waals surface area contributed by atoms with Gasteiger partial charge in [-0.2, -0.15) is 8.42 Å². The van der Waals surface area contributed by atoms with Crippen LogP contribution in [0, 0.1) is 12.7 Å². The van der Waals surface area contributed by atoms with Gasteiger partial charge in [0, 0.05) is 11.1 Å². The lowest BCUT2D eigenvalue weighted by Crippen LogP contribution is -2.16. The van der Waals surface area contributed by atoms with Crippen molar-refractivity contribution in [1.82, 2.24) is 9.97 Å². The maximum atomic E-state index is 13.4. The molecule has 0 aromatic carbocycles. The fourth-order valence-corrected chi connectivity index (χ4v) is 2.78. The van der Waals surface area contributed by atoms with Crippen LogP contribution in [0.4, 0.5) is 10.2 Å². The van der Waals surface area contributed by atoms with E-state index in [0.717, 1.165) is 6.07 Å². The van der Waals surface area contributed by atoms with E-state index in [2.05, 4.69) is 14.7 Å². The van der Waals surface area contributed by atoms with E-state index in [-0.39, 0.29) is 5.82 Å². The normalized spacial score (nSPS) is 11.4. The molecule has 0 bridgehead atoms. The van der Waals surface area contributed by atoms with Crippen LogP contribution in [0.3, 0.4) is 0 Å². The molecule has 0 aliphatic carbocycles. The smallest absolute Gasteiger partial charge is 0.261 e. The minimum atomic E-state index is -4.03. The minimum absolute atomic E-state index is 0.151. The van der Waals surface area contributed by atoms with Gasteiger partial charge in [-0.25, -0.2) is 14.4 Å². The van der Waals surface area contributed by atoms with Crippen LogP contribution in [0.1, 0.15) is 5.69 Å². The summed E-state index contributed by atoms with van der Waals surface area (Å²) in [5.41, 5.74) is 1.89. The summed E-state index contributed by atoms with van der Waals surface area (Å²) < 4.78 is 39.2. The van der Waals surface area contributed by atoms with Gasteiger partial charge in [-0.3, -0.25) is 4.72 Å². The number of pyridine rings is 1. The molecular weight excluding hydrogens is 265 g/mol. The summed E-state index contributed by atoms with van der Waals surface area (Å²) in [7, 11) is -4.03. The van der Waals surface area contributed by atoms with E-state index in [1.165, 1.54) is 28.3 Å². The van der Waals surface area contributed by atoms with Gasteiger partial charge < -0.3 is 0 Å². The number of sulfonamides is 1. The molecule has 0 unspecified atom stereocenters. The van der Waals surface area contributed by atoms with Crippen molar-refractivity contribution in [3.8, 4) is 0 Å². The predicted molar refractivity (Wildman–Crippen MR) is 61.9 cm³/mol. The van der Waals surface area contributed by atoms with E-state index in [9.17, 15) is 12.8 Å². The standard InChI is InChI=1S/C9H8FN3O2S2/c1-6-2-3-7(10)9(12-6)17(14,15)13-8-4-16-5-11-8/h2-5,13H,1H3. The van der Waals surface area contributed by atoms with Crippen molar-refractivity contribution in [2.45, 2.75) is 11.9 Å². The van der Waals surface area contributed by atoms with Crippen molar-refractivity contribution in [3.63, 3.8) is 0 Å². The topological polar surface area (TPSA) is 72.0 Å². The van der Waals surface area contributed by atoms with E-state index in [1.54, 1.807) is 6.92 Å². The predicted octanol–water partition coefficient (Wildman–Crippen LogP) is 1.79. The summed E-state index contributed by atoms with van der Waals surface area (Å²) in [6.07, 6.45) is 0. The largest absolute Gasteiger partial charge is 0.283 e. The maximum absolute atomic E-state index is 13.4. The lowest BCUT2D eigenvalue weighted by atomic mass is 10.4. The van der Waals surface area contributed by atoms with E-state index in [0.29, 0.717) is 5.69 Å². The fraction of sp³-hybridized carbons (Fsp3) is 0.111. The van der Waals surface area contributed by atoms with E-state index >= 15 is 0 Å². The van der Waals surface area contributed by atoms with Crippen molar-refractivity contribution in [2.75, 3.05) is 4.72 Å². The number of nitrogens with one attached hydrogen (secondary N) is 1. The van der Waals surface area contributed by atoms with Gasteiger partial charge in [0.05, 0.1) is 5.51 Å². The molecule has 2 heterocycles. The Morgan fingerprint density at radius 3 is 2.82 bits per heavy atom. The van der Waals surface area contributed by atoms with Crippen molar-refractivity contribution in [3.05, 3.63) is 34.5 Å². The van der Waals surface area contributed by atoms with Gasteiger partial charge in [0.25, 0.3) is 10.0 Å². The summed E-state index contributed by atoms with van der Waals surface area (Å²) in [5.74, 6) is -0.740. The molecule has 1 N–H and O–H groups in total. The molecule has 90 valence electrons. The van der Waals surface area contributed by atoms with Gasteiger partial charge in [0.2, 0.25) is 5.03 Å². The molecule has 0 fully saturated rings. The number of halogens is 1. The molecule has 0 saturated heterocycles. The number of rotatable bonds is 3. The van der Waals surface area contributed by atoms with E-state index in [4.69, 9.17) is 0 Å². The molecule has 0 radical (unpaired) electrons. The highest BCUT2D eigenvalue weighted by Crippen LogP contribution is 2.17. The number of aromatic nitrogens is 2. The zero-order chi connectivity index (χ0) is 12.5. The Morgan fingerprint density at radius 2 is 2.18 bits per heavy atom. The van der Waals surface area contributed by atoms with Crippen LogP contribution in [0.25, 0.3) is 0 Å². The van der Waals surface area contributed by atoms with Crippen LogP contribution in [0.5, 0.6) is 0 Å². The van der Waals surface area contributed by atoms with Crippen molar-refractivity contribution >= 4 is 27.2 Å². The first-order valence-corrected chi connectivity index (χ1v) is 6.96. The van der Waals surface area contributed by atoms with Gasteiger partial charge in [0.1, 0.15) is 0 Å². The van der Waals surface area contributed by atoms with Crippen LogP contribution in [-0.2, 0) is 10.0 Å². The van der Waals surface area contributed by atoms with E-state index < -0.39 is 20.9 Å². The molecule has 2 aromatic rings. The molecule has 2 aromatic heterocycles. The molecule has 0 aliphatic rings. The molecule has 0 spiro atoms. The molecule has 5 nitrogen and oxygen atoms in total. The number of aryl methyl sites for hydroxylation is 1. The molecule has 8 heteroatoms. The van der Waals surface area contributed by atoms with Crippen molar-refractivity contribution < 1.29 is 12.8 Å². The van der Waals surface area contributed by atoms with Gasteiger partial charge in [0.15, 0.2) is 11.6 Å². The number of thiazole rings is 1. The molecular formula is C9H8FN3O2S2. The lowest BCUT2D eigenvalue weighted by Gasteiger charge is -2.06. The molecule has 0 amide bonds. The Balaban J connectivity index is 2.41. The summed E-state index contributed by atoms with van der Waals surface area (Å²) >= 11 is 1.23. The van der Waals surface area contributed by atoms with Gasteiger partial charge >= 0.3 is 0 Å². The highest BCUT2D eigenvalue weighted by Gasteiger charge is 2.21. The zero-order valence-corrected chi connectivity index (χ0v) is 10.3. The molecule has 2 rings (SSSR count). The first-order valence-electron chi connectivity index (χ1n) is 4.53. The minimum Gasteiger partial charge on any atom is -0.261 e. The van der Waals surface area contributed by atoms with Crippen LogP contribution in [0.2, 0.25) is 0 Å². The van der Waals surface area contributed by atoms with Gasteiger partial charge in [-0.05, 0) is 19.1 Å². The van der Waals surface area contributed by atoms with Crippen molar-refractivity contribution in [2.24, 2.45) is 0 Å². The molecule has 0 saturated carbocycles. The number of hydrogen-bond acceptors (Lipinski definition) is 5. The monoisotopic (exact) mass is 273 g/mol. The Morgan fingerprint density at radius 1 is 1.41 bits per heavy atom. The number of nitrogens with zero attached hydrogens (tertiary/aromatic N) is 2. The third-order valence-corrected chi connectivity index (χ3v) is 3.74. The van der Waals surface area contributed by atoms with Crippen LogP contribution in [-0.4, -0.2) is 18.4 Å². The summed E-state index contributed by atoms with van der Waals surface area (Å²) in [5, 5.41) is 0.885. The highest BCUT2D eigenvalue weighted by molar-refractivity contribution is 7.92. The van der Waals surface area contributed by atoms with E-state index in [1.807, 2.05) is 0 Å². The van der Waals surface area contributed by atoms with Crippen molar-refractivity contribution in [1.29, 1.82) is 0 Å². The summed E-state index contributed by atoms with van der Waals surface area (Å²) in [6.45, 7) is 1.58. The lowest BCUT2D eigenvalue weighted by molar-refractivity contribution is 0.555. The third kappa shape index (κ3) is 2.59. The van der Waals surface area contributed by atoms with Crippen LogP contribution < -0.4 is 4.72 Å². The second kappa shape index (κ2) is 4.38. The fourth-order valence-electron chi connectivity index (χ4n) is 1.15. The van der Waals surface area contributed by atoms with Gasteiger partial charge in [-0.15, -0.1) is 11.3 Å². The first kappa shape index (κ1) is 11.9. The average molecular weight is 273 g/mol. The molecule has 0 atom stereocenters. The molecule has 0 aliphatic heterocycles. The average Bonchev–Trinajstić information content (AvgIpc) is 2.73. The Bertz CT molecular complexity index is 626. The summed E-state index contributed by atoms with van der Waals surface area (Å²) in [6, 6.07) is 2.47. The second-order valence-electron chi connectivity index (χ2n) is 3.22. The van der Waals surface area contributed by atoms with Crippen LogP contribution in [0.15, 0.2) is 28.0 Å². The quantitative estimate of drug-likeness (QED) is 0.925. The Labute approximate surface area is 101 Å². The first-order chi connectivity index (χ1) is 7.99. The maximum Gasteiger partial charge on any atom is 0.283 e. The van der Waals surface area contributed by atoms with Gasteiger partial charge in [-0.1, -0.05) is 0 Å². The number of anilines is 1.